The van der Waals surface area contributed by atoms with Crippen molar-refractivity contribution in [3.8, 4) is 0 Å². The van der Waals surface area contributed by atoms with E-state index in [1.807, 2.05) is 35.0 Å². The Morgan fingerprint density at radius 1 is 0.815 bits per heavy atom. The van der Waals surface area contributed by atoms with Crippen LogP contribution in [0.25, 0.3) is 0 Å². The molecule has 27 heavy (non-hydrogen) atoms. The summed E-state index contributed by atoms with van der Waals surface area (Å²) in [5.74, 6) is -0.260. The molecule has 0 aromatic carbocycles. The third-order valence-corrected chi connectivity index (χ3v) is 4.28. The van der Waals surface area contributed by atoms with E-state index in [-0.39, 0.29) is 24.3 Å². The molecule has 0 fully saturated rings. The fraction of sp³-hybridized carbons (Fsp3) is 0.909. The van der Waals surface area contributed by atoms with E-state index in [1.165, 1.54) is 38.5 Å². The molecule has 0 unspecified atom stereocenters. The lowest BCUT2D eigenvalue weighted by atomic mass is 10.1. The molecule has 0 aliphatic rings. The molecule has 160 valence electrons. The van der Waals surface area contributed by atoms with Gasteiger partial charge in [0.25, 0.3) is 0 Å². The van der Waals surface area contributed by atoms with Crippen LogP contribution in [0.1, 0.15) is 85.0 Å². The molecular formula is C22H44NO4+. The number of hydrogen-bond donors (Lipinski definition) is 0. The predicted octanol–water partition coefficient (Wildman–Crippen LogP) is 4.72. The standard InChI is InChI=1S/C22H44NO4/c1-7-8-9-10-11-12-13-14-15-26-21(24)17-20(18-23(4,5)6)27-22(25)16-19(2)3/h19-20H,7-18H2,1-6H3/q+1/t20-/m1/s1. The van der Waals surface area contributed by atoms with E-state index in [9.17, 15) is 9.59 Å². The topological polar surface area (TPSA) is 52.6 Å². The number of hydrogen-bond acceptors (Lipinski definition) is 4. The van der Waals surface area contributed by atoms with Gasteiger partial charge in [0.05, 0.1) is 34.2 Å². The summed E-state index contributed by atoms with van der Waals surface area (Å²) in [4.78, 5) is 24.1. The second-order valence-electron chi connectivity index (χ2n) is 9.08. The SMILES string of the molecule is CCCCCCCCCCOC(=O)C[C@H](C[N+](C)(C)C)OC(=O)CC(C)C. The van der Waals surface area contributed by atoms with E-state index in [4.69, 9.17) is 9.47 Å². The van der Waals surface area contributed by atoms with Crippen LogP contribution in [-0.2, 0) is 19.1 Å². The molecule has 0 radical (unpaired) electrons. The minimum Gasteiger partial charge on any atom is -0.466 e. The zero-order valence-corrected chi connectivity index (χ0v) is 18.7. The molecular weight excluding hydrogens is 342 g/mol. The van der Waals surface area contributed by atoms with Crippen molar-refractivity contribution in [3.63, 3.8) is 0 Å². The lowest BCUT2D eigenvalue weighted by molar-refractivity contribution is -0.873. The van der Waals surface area contributed by atoms with Gasteiger partial charge in [-0.1, -0.05) is 65.7 Å². The van der Waals surface area contributed by atoms with Crippen molar-refractivity contribution in [1.29, 1.82) is 0 Å². The number of likely N-dealkylation sites (N-methyl/N-ethyl adjacent to an activating group) is 1. The number of quaternary nitrogens is 1. The van der Waals surface area contributed by atoms with Gasteiger partial charge in [0.2, 0.25) is 0 Å². The van der Waals surface area contributed by atoms with Gasteiger partial charge in [-0.25, -0.2) is 0 Å². The zero-order valence-electron chi connectivity index (χ0n) is 18.7. The average Bonchev–Trinajstić information content (AvgIpc) is 2.50. The maximum atomic E-state index is 12.1. The van der Waals surface area contributed by atoms with E-state index in [1.54, 1.807) is 0 Å². The second kappa shape index (κ2) is 14.9. The Kier molecular flexibility index (Phi) is 14.3. The maximum absolute atomic E-state index is 12.1. The molecule has 0 N–H and O–H groups in total. The number of carbonyl (C=O) groups is 2. The van der Waals surface area contributed by atoms with E-state index in [0.29, 0.717) is 24.1 Å². The summed E-state index contributed by atoms with van der Waals surface area (Å²) in [5, 5.41) is 0. The van der Waals surface area contributed by atoms with Crippen LogP contribution in [0.15, 0.2) is 0 Å². The molecule has 0 rings (SSSR count). The van der Waals surface area contributed by atoms with E-state index < -0.39 is 6.10 Å². The molecule has 0 aliphatic carbocycles. The van der Waals surface area contributed by atoms with Gasteiger partial charge in [-0.3, -0.25) is 9.59 Å². The first-order valence-electron chi connectivity index (χ1n) is 10.8. The van der Waals surface area contributed by atoms with Gasteiger partial charge >= 0.3 is 11.9 Å². The second-order valence-corrected chi connectivity index (χ2v) is 9.08. The number of unbranched alkanes of at least 4 members (excludes halogenated alkanes) is 7. The molecule has 0 saturated heterocycles. The number of ether oxygens (including phenoxy) is 2. The highest BCUT2D eigenvalue weighted by Crippen LogP contribution is 2.11. The summed E-state index contributed by atoms with van der Waals surface area (Å²) in [7, 11) is 6.07. The van der Waals surface area contributed by atoms with Crippen LogP contribution in [0, 0.1) is 5.92 Å². The molecule has 5 heteroatoms. The van der Waals surface area contributed by atoms with Crippen molar-refractivity contribution in [1.82, 2.24) is 0 Å². The highest BCUT2D eigenvalue weighted by molar-refractivity contribution is 5.72. The third kappa shape index (κ3) is 18.0. The number of carbonyl (C=O) groups excluding carboxylic acids is 2. The van der Waals surface area contributed by atoms with Gasteiger partial charge < -0.3 is 14.0 Å². The van der Waals surface area contributed by atoms with Crippen LogP contribution < -0.4 is 0 Å². The van der Waals surface area contributed by atoms with E-state index >= 15 is 0 Å². The highest BCUT2D eigenvalue weighted by atomic mass is 16.6. The summed E-state index contributed by atoms with van der Waals surface area (Å²) >= 11 is 0. The van der Waals surface area contributed by atoms with Crippen LogP contribution >= 0.6 is 0 Å². The van der Waals surface area contributed by atoms with Gasteiger partial charge in [0.15, 0.2) is 6.10 Å². The van der Waals surface area contributed by atoms with Gasteiger partial charge in [-0.2, -0.15) is 0 Å². The minimum absolute atomic E-state index is 0.135. The molecule has 0 aliphatic heterocycles. The van der Waals surface area contributed by atoms with Crippen molar-refractivity contribution >= 4 is 11.9 Å². The van der Waals surface area contributed by atoms with Gasteiger partial charge in [0, 0.05) is 6.42 Å². The van der Waals surface area contributed by atoms with Crippen LogP contribution in [0.5, 0.6) is 0 Å². The fourth-order valence-corrected chi connectivity index (χ4v) is 2.99. The van der Waals surface area contributed by atoms with Gasteiger partial charge in [-0.05, 0) is 12.3 Å². The Morgan fingerprint density at radius 3 is 1.89 bits per heavy atom. The first-order chi connectivity index (χ1) is 12.6. The Labute approximate surface area is 167 Å². The smallest absolute Gasteiger partial charge is 0.309 e. The predicted molar refractivity (Wildman–Crippen MR) is 110 cm³/mol. The first kappa shape index (κ1) is 25.9. The summed E-state index contributed by atoms with van der Waals surface area (Å²) in [6.07, 6.45) is 9.81. The molecule has 0 aromatic heterocycles. The quantitative estimate of drug-likeness (QED) is 0.219. The van der Waals surface area contributed by atoms with Crippen LogP contribution in [0.3, 0.4) is 0 Å². The molecule has 1 atom stereocenters. The molecule has 0 spiro atoms. The Morgan fingerprint density at radius 2 is 1.37 bits per heavy atom. The van der Waals surface area contributed by atoms with Crippen LogP contribution in [0.4, 0.5) is 0 Å². The van der Waals surface area contributed by atoms with Crippen molar-refractivity contribution in [3.05, 3.63) is 0 Å². The zero-order chi connectivity index (χ0) is 20.7. The lowest BCUT2D eigenvalue weighted by Crippen LogP contribution is -2.44. The van der Waals surface area contributed by atoms with Crippen molar-refractivity contribution < 1.29 is 23.5 Å². The maximum Gasteiger partial charge on any atom is 0.309 e. The largest absolute Gasteiger partial charge is 0.466 e. The molecule has 0 aromatic rings. The number of rotatable bonds is 16. The Hall–Kier alpha value is -1.10. The van der Waals surface area contributed by atoms with E-state index in [0.717, 1.165) is 12.8 Å². The highest BCUT2D eigenvalue weighted by Gasteiger charge is 2.25. The van der Waals surface area contributed by atoms with Gasteiger partial charge in [-0.15, -0.1) is 0 Å². The van der Waals surface area contributed by atoms with Crippen molar-refractivity contribution in [2.75, 3.05) is 34.3 Å². The number of esters is 2. The first-order valence-corrected chi connectivity index (χ1v) is 10.8. The molecule has 0 heterocycles. The fourth-order valence-electron chi connectivity index (χ4n) is 2.99. The monoisotopic (exact) mass is 386 g/mol. The summed E-state index contributed by atoms with van der Waals surface area (Å²) in [6.45, 7) is 7.24. The summed E-state index contributed by atoms with van der Waals surface area (Å²) in [6, 6.07) is 0. The molecule has 0 bridgehead atoms. The normalized spacial score (nSPS) is 12.9. The van der Waals surface area contributed by atoms with Crippen LogP contribution in [0.2, 0.25) is 0 Å². The summed E-state index contributed by atoms with van der Waals surface area (Å²) in [5.41, 5.74) is 0. The molecule has 0 amide bonds. The van der Waals surface area contributed by atoms with Crippen LogP contribution in [-0.4, -0.2) is 56.8 Å². The lowest BCUT2D eigenvalue weighted by Gasteiger charge is -2.28. The Balaban J connectivity index is 4.08. The van der Waals surface area contributed by atoms with Crippen molar-refractivity contribution in [2.24, 2.45) is 5.92 Å². The van der Waals surface area contributed by atoms with E-state index in [2.05, 4.69) is 6.92 Å². The number of nitrogens with zero attached hydrogens (tertiary/aromatic N) is 1. The average molecular weight is 387 g/mol. The molecule has 0 saturated carbocycles. The third-order valence-electron chi connectivity index (χ3n) is 4.28. The van der Waals surface area contributed by atoms with Crippen molar-refractivity contribution in [2.45, 2.75) is 91.1 Å². The van der Waals surface area contributed by atoms with Gasteiger partial charge in [0.1, 0.15) is 6.54 Å². The molecule has 5 nitrogen and oxygen atoms in total. The summed E-state index contributed by atoms with van der Waals surface area (Å²) < 4.78 is 11.5. The minimum atomic E-state index is -0.428. The Bertz CT molecular complexity index is 402.